The van der Waals surface area contributed by atoms with Crippen LogP contribution in [0.3, 0.4) is 0 Å². The van der Waals surface area contributed by atoms with E-state index in [1.807, 2.05) is 49.4 Å². The predicted octanol–water partition coefficient (Wildman–Crippen LogP) is 7.40. The van der Waals surface area contributed by atoms with Crippen LogP contribution < -0.4 is 19.6 Å². The van der Waals surface area contributed by atoms with Crippen molar-refractivity contribution in [3.05, 3.63) is 131 Å². The summed E-state index contributed by atoms with van der Waals surface area (Å²) < 4.78 is 15.4. The molecule has 0 bridgehead atoms. The molecule has 1 aliphatic rings. The van der Waals surface area contributed by atoms with Gasteiger partial charge in [-0.2, -0.15) is 0 Å². The number of non-ortho nitro benzene ring substituents is 1. The maximum atomic E-state index is 14.2. The second kappa shape index (κ2) is 15.2. The lowest BCUT2D eigenvalue weighted by atomic mass is 9.92. The van der Waals surface area contributed by atoms with Gasteiger partial charge in [0.15, 0.2) is 4.80 Å². The van der Waals surface area contributed by atoms with E-state index in [0.717, 1.165) is 30.3 Å². The van der Waals surface area contributed by atoms with Crippen molar-refractivity contribution in [2.24, 2.45) is 4.99 Å². The van der Waals surface area contributed by atoms with E-state index in [0.29, 0.717) is 38.7 Å². The van der Waals surface area contributed by atoms with Crippen molar-refractivity contribution in [1.82, 2.24) is 4.57 Å². The van der Waals surface area contributed by atoms with Crippen LogP contribution in [-0.2, 0) is 16.1 Å². The molecule has 1 aromatic heterocycles. The molecule has 5 rings (SSSR count). The molecule has 9 nitrogen and oxygen atoms in total. The average Bonchev–Trinajstić information content (AvgIpc) is 3.34. The molecule has 0 fully saturated rings. The van der Waals surface area contributed by atoms with Crippen molar-refractivity contribution in [3.63, 3.8) is 0 Å². The maximum Gasteiger partial charge on any atom is 0.338 e. The highest BCUT2D eigenvalue weighted by atomic mass is 127. The fraction of sp³-hybridized carbons (Fsp3) is 0.286. The lowest BCUT2D eigenvalue weighted by molar-refractivity contribution is -0.384. The number of allylic oxidation sites excluding steroid dienone is 1. The largest absolute Gasteiger partial charge is 0.487 e. The van der Waals surface area contributed by atoms with Crippen molar-refractivity contribution in [2.75, 3.05) is 6.61 Å². The van der Waals surface area contributed by atoms with Crippen molar-refractivity contribution >= 4 is 74.3 Å². The third-order valence-corrected chi connectivity index (χ3v) is 10.2. The van der Waals surface area contributed by atoms with Gasteiger partial charge in [-0.05, 0) is 117 Å². The summed E-state index contributed by atoms with van der Waals surface area (Å²) in [5.74, 6) is 0.572. The number of thiazole rings is 1. The molecule has 4 aromatic rings. The second-order valence-corrected chi connectivity index (χ2v) is 14.6. The smallest absolute Gasteiger partial charge is 0.338 e. The number of carbonyl (C=O) groups excluding carboxylic acids is 1. The SMILES string of the molecule is CCCC1=C(C(=O)OCC)[C@@H](c2ccc(C(C)C)cc2)n2c(s/c(=C\c3cc(I)c(OCc4ccc([N+](=O)[O-])cc4)c(I)c3)c2=O)=N1. The van der Waals surface area contributed by atoms with Crippen LogP contribution in [0.4, 0.5) is 5.69 Å². The molecule has 244 valence electrons. The quantitative estimate of drug-likeness (QED) is 0.0673. The fourth-order valence-corrected chi connectivity index (χ4v) is 8.47. The zero-order valence-electron chi connectivity index (χ0n) is 26.3. The second-order valence-electron chi connectivity index (χ2n) is 11.3. The summed E-state index contributed by atoms with van der Waals surface area (Å²) in [6, 6.07) is 17.6. The molecule has 0 saturated carbocycles. The molecule has 0 spiro atoms. The topological polar surface area (TPSA) is 113 Å². The molecular weight excluding hydrogens is 844 g/mol. The van der Waals surface area contributed by atoms with E-state index in [4.69, 9.17) is 14.5 Å². The number of hydrogen-bond donors (Lipinski definition) is 0. The number of ether oxygens (including phenoxy) is 2. The third kappa shape index (κ3) is 7.70. The van der Waals surface area contributed by atoms with Gasteiger partial charge in [-0.25, -0.2) is 9.79 Å². The molecule has 1 aliphatic heterocycles. The number of nitro benzene ring substituents is 1. The van der Waals surface area contributed by atoms with Crippen LogP contribution in [-0.4, -0.2) is 22.1 Å². The Kier molecular flexibility index (Phi) is 11.3. The monoisotopic (exact) mass is 877 g/mol. The van der Waals surface area contributed by atoms with E-state index in [1.165, 1.54) is 29.0 Å². The average molecular weight is 878 g/mol. The number of halogens is 2. The van der Waals surface area contributed by atoms with Gasteiger partial charge < -0.3 is 9.47 Å². The van der Waals surface area contributed by atoms with E-state index in [-0.39, 0.29) is 24.5 Å². The summed E-state index contributed by atoms with van der Waals surface area (Å²) in [6.07, 6.45) is 3.21. The van der Waals surface area contributed by atoms with E-state index < -0.39 is 16.9 Å². The van der Waals surface area contributed by atoms with Gasteiger partial charge in [0.2, 0.25) is 0 Å². The molecule has 0 amide bonds. The zero-order chi connectivity index (χ0) is 33.8. The van der Waals surface area contributed by atoms with Crippen LogP contribution in [0.25, 0.3) is 6.08 Å². The molecule has 0 radical (unpaired) electrons. The number of nitrogens with zero attached hydrogens (tertiary/aromatic N) is 3. The lowest BCUT2D eigenvalue weighted by Crippen LogP contribution is -2.40. The number of hydrogen-bond acceptors (Lipinski definition) is 8. The Hall–Kier alpha value is -3.37. The first-order valence-electron chi connectivity index (χ1n) is 15.2. The number of fused-ring (bicyclic) bond motifs is 1. The number of carbonyl (C=O) groups is 1. The van der Waals surface area contributed by atoms with Crippen LogP contribution in [0.15, 0.2) is 81.7 Å². The Balaban J connectivity index is 1.55. The highest BCUT2D eigenvalue weighted by molar-refractivity contribution is 14.1. The van der Waals surface area contributed by atoms with Gasteiger partial charge >= 0.3 is 5.97 Å². The van der Waals surface area contributed by atoms with Crippen LogP contribution in [0, 0.1) is 17.3 Å². The van der Waals surface area contributed by atoms with Gasteiger partial charge in [0.1, 0.15) is 12.4 Å². The number of aromatic nitrogens is 1. The Morgan fingerprint density at radius 3 is 2.32 bits per heavy atom. The highest BCUT2D eigenvalue weighted by Gasteiger charge is 2.34. The van der Waals surface area contributed by atoms with Gasteiger partial charge in [-0.3, -0.25) is 19.5 Å². The summed E-state index contributed by atoms with van der Waals surface area (Å²) >= 11 is 5.72. The first kappa shape index (κ1) is 35.0. The van der Waals surface area contributed by atoms with Crippen LogP contribution >= 0.6 is 56.5 Å². The normalized spacial score (nSPS) is 14.6. The summed E-state index contributed by atoms with van der Waals surface area (Å²) in [5, 5.41) is 11.0. The zero-order valence-corrected chi connectivity index (χ0v) is 31.4. The van der Waals surface area contributed by atoms with E-state index in [2.05, 4.69) is 59.0 Å². The first-order valence-corrected chi connectivity index (χ1v) is 18.2. The van der Waals surface area contributed by atoms with E-state index in [9.17, 15) is 19.7 Å². The van der Waals surface area contributed by atoms with Crippen LogP contribution in [0.2, 0.25) is 0 Å². The predicted molar refractivity (Wildman–Crippen MR) is 199 cm³/mol. The molecule has 3 aromatic carbocycles. The number of esters is 1. The Morgan fingerprint density at radius 1 is 1.09 bits per heavy atom. The Morgan fingerprint density at radius 2 is 1.74 bits per heavy atom. The lowest BCUT2D eigenvalue weighted by Gasteiger charge is -2.26. The molecule has 2 heterocycles. The molecule has 47 heavy (non-hydrogen) atoms. The van der Waals surface area contributed by atoms with Gasteiger partial charge in [-0.1, -0.05) is 62.8 Å². The summed E-state index contributed by atoms with van der Waals surface area (Å²) in [7, 11) is 0. The minimum absolute atomic E-state index is 0.0293. The molecule has 0 unspecified atom stereocenters. The molecule has 1 atom stereocenters. The van der Waals surface area contributed by atoms with E-state index in [1.54, 1.807) is 23.6 Å². The van der Waals surface area contributed by atoms with Gasteiger partial charge in [0, 0.05) is 12.1 Å². The summed E-state index contributed by atoms with van der Waals surface area (Å²) in [4.78, 5) is 43.6. The summed E-state index contributed by atoms with van der Waals surface area (Å²) in [6.45, 7) is 8.53. The van der Waals surface area contributed by atoms with Gasteiger partial charge in [0.05, 0.1) is 40.5 Å². The minimum atomic E-state index is -0.661. The van der Waals surface area contributed by atoms with Crippen LogP contribution in [0.1, 0.15) is 74.8 Å². The first-order chi connectivity index (χ1) is 22.5. The standard InChI is InChI=1S/C35H33I2N3O6S/c1-5-7-28-30(34(42)45-6-2)31(24-12-10-23(11-13-24)20(3)4)39-33(41)29(47-35(39)38-28)18-22-16-26(36)32(27(37)17-22)46-19-21-8-14-25(15-9-21)40(43)44/h8-18,20,31H,5-7,19H2,1-4H3/b29-18-/t31-/m1/s1. The number of nitro groups is 1. The van der Waals surface area contributed by atoms with Crippen molar-refractivity contribution in [3.8, 4) is 5.75 Å². The van der Waals surface area contributed by atoms with E-state index >= 15 is 0 Å². The van der Waals surface area contributed by atoms with Crippen molar-refractivity contribution in [2.45, 2.75) is 59.1 Å². The molecule has 0 aliphatic carbocycles. The highest BCUT2D eigenvalue weighted by Crippen LogP contribution is 2.34. The fourth-order valence-electron chi connectivity index (χ4n) is 5.32. The third-order valence-electron chi connectivity index (χ3n) is 7.66. The number of benzene rings is 3. The van der Waals surface area contributed by atoms with Crippen LogP contribution in [0.5, 0.6) is 5.75 Å². The molecule has 0 N–H and O–H groups in total. The number of rotatable bonds is 11. The Labute approximate surface area is 303 Å². The molecule has 12 heteroatoms. The van der Waals surface area contributed by atoms with Crippen molar-refractivity contribution in [1.29, 1.82) is 0 Å². The van der Waals surface area contributed by atoms with Gasteiger partial charge in [0.25, 0.3) is 11.2 Å². The molecular formula is C35H33I2N3O6S. The maximum absolute atomic E-state index is 14.2. The Bertz CT molecular complexity index is 2010. The summed E-state index contributed by atoms with van der Waals surface area (Å²) in [5.41, 5.74) is 4.48. The minimum Gasteiger partial charge on any atom is -0.487 e. The van der Waals surface area contributed by atoms with Gasteiger partial charge in [-0.15, -0.1) is 0 Å². The molecule has 0 saturated heterocycles. The van der Waals surface area contributed by atoms with Crippen molar-refractivity contribution < 1.29 is 19.2 Å².